The molecule has 3 aromatic carbocycles. The molecule has 0 aliphatic heterocycles. The molecule has 5 nitrogen and oxygen atoms in total. The summed E-state index contributed by atoms with van der Waals surface area (Å²) in [6.07, 6.45) is 0.809. The SMILES string of the molecule is CC[C@@H](NC(=O)c1ccc(NCc2ccccc2OC)c(N)c1)c1ccccc1. The lowest BCUT2D eigenvalue weighted by atomic mass is 10.0. The van der Waals surface area contributed by atoms with E-state index in [1.165, 1.54) is 0 Å². The average molecular weight is 389 g/mol. The number of rotatable bonds is 8. The van der Waals surface area contributed by atoms with Crippen LogP contribution >= 0.6 is 0 Å². The predicted octanol–water partition coefficient (Wildman–Crippen LogP) is 4.77. The van der Waals surface area contributed by atoms with Crippen LogP contribution < -0.4 is 21.1 Å². The fourth-order valence-corrected chi connectivity index (χ4v) is 3.25. The van der Waals surface area contributed by atoms with E-state index in [-0.39, 0.29) is 11.9 Å². The number of ether oxygens (including phenoxy) is 1. The van der Waals surface area contributed by atoms with Crippen molar-refractivity contribution in [1.29, 1.82) is 0 Å². The molecule has 0 aliphatic carbocycles. The lowest BCUT2D eigenvalue weighted by Gasteiger charge is -2.18. The lowest BCUT2D eigenvalue weighted by molar-refractivity contribution is 0.0935. The van der Waals surface area contributed by atoms with E-state index >= 15 is 0 Å². The Morgan fingerprint density at radius 1 is 1.03 bits per heavy atom. The number of nitrogens with one attached hydrogen (secondary N) is 2. The van der Waals surface area contributed by atoms with Crippen LogP contribution in [0.4, 0.5) is 11.4 Å². The molecule has 1 amide bonds. The first-order chi connectivity index (χ1) is 14.1. The molecule has 4 N–H and O–H groups in total. The van der Waals surface area contributed by atoms with E-state index in [1.54, 1.807) is 19.2 Å². The van der Waals surface area contributed by atoms with Gasteiger partial charge in [-0.05, 0) is 36.2 Å². The molecule has 0 saturated heterocycles. The van der Waals surface area contributed by atoms with Crippen molar-refractivity contribution in [3.63, 3.8) is 0 Å². The third-order valence-corrected chi connectivity index (χ3v) is 4.89. The van der Waals surface area contributed by atoms with Crippen LogP contribution in [-0.2, 0) is 6.54 Å². The van der Waals surface area contributed by atoms with E-state index in [1.807, 2.05) is 60.7 Å². The van der Waals surface area contributed by atoms with Crippen LogP contribution in [0.3, 0.4) is 0 Å². The second kappa shape index (κ2) is 9.64. The van der Waals surface area contributed by atoms with E-state index in [0.717, 1.165) is 29.0 Å². The van der Waals surface area contributed by atoms with Gasteiger partial charge in [-0.15, -0.1) is 0 Å². The van der Waals surface area contributed by atoms with Gasteiger partial charge in [-0.1, -0.05) is 55.5 Å². The zero-order valence-electron chi connectivity index (χ0n) is 16.8. The van der Waals surface area contributed by atoms with E-state index < -0.39 is 0 Å². The van der Waals surface area contributed by atoms with Crippen molar-refractivity contribution in [1.82, 2.24) is 5.32 Å². The van der Waals surface area contributed by atoms with Gasteiger partial charge in [0.2, 0.25) is 0 Å². The van der Waals surface area contributed by atoms with Gasteiger partial charge in [0.05, 0.1) is 24.5 Å². The molecular formula is C24H27N3O2. The van der Waals surface area contributed by atoms with Crippen LogP contribution in [0.2, 0.25) is 0 Å². The largest absolute Gasteiger partial charge is 0.496 e. The summed E-state index contributed by atoms with van der Waals surface area (Å²) in [4.78, 5) is 12.7. The van der Waals surface area contributed by atoms with E-state index in [0.29, 0.717) is 17.8 Å². The third-order valence-electron chi connectivity index (χ3n) is 4.89. The summed E-state index contributed by atoms with van der Waals surface area (Å²) < 4.78 is 5.37. The molecule has 29 heavy (non-hydrogen) atoms. The summed E-state index contributed by atoms with van der Waals surface area (Å²) in [6.45, 7) is 2.63. The van der Waals surface area contributed by atoms with Crippen LogP contribution in [0.15, 0.2) is 72.8 Å². The molecule has 150 valence electrons. The topological polar surface area (TPSA) is 76.4 Å². The predicted molar refractivity (Wildman–Crippen MR) is 118 cm³/mol. The molecule has 0 spiro atoms. The number of nitrogens with two attached hydrogens (primary N) is 1. The average Bonchev–Trinajstić information content (AvgIpc) is 2.77. The van der Waals surface area contributed by atoms with Gasteiger partial charge in [-0.3, -0.25) is 4.79 Å². The van der Waals surface area contributed by atoms with Crippen molar-refractivity contribution in [2.24, 2.45) is 0 Å². The number of benzene rings is 3. The summed E-state index contributed by atoms with van der Waals surface area (Å²) in [5.41, 5.74) is 10.2. The first-order valence-corrected chi connectivity index (χ1v) is 9.73. The Labute approximate surface area is 171 Å². The molecule has 0 unspecified atom stereocenters. The summed E-state index contributed by atoms with van der Waals surface area (Å²) in [5.74, 6) is 0.685. The Kier molecular flexibility index (Phi) is 6.74. The van der Waals surface area contributed by atoms with Gasteiger partial charge < -0.3 is 21.1 Å². The number of methoxy groups -OCH3 is 1. The highest BCUT2D eigenvalue weighted by Gasteiger charge is 2.15. The van der Waals surface area contributed by atoms with Gasteiger partial charge >= 0.3 is 0 Å². The quantitative estimate of drug-likeness (QED) is 0.485. The summed E-state index contributed by atoms with van der Waals surface area (Å²) >= 11 is 0. The number of para-hydroxylation sites is 1. The first kappa shape index (κ1) is 20.3. The van der Waals surface area contributed by atoms with Gasteiger partial charge in [0.15, 0.2) is 0 Å². The van der Waals surface area contributed by atoms with E-state index in [9.17, 15) is 4.79 Å². The molecule has 3 rings (SSSR count). The number of amides is 1. The molecule has 3 aromatic rings. The normalized spacial score (nSPS) is 11.5. The van der Waals surface area contributed by atoms with Crippen molar-refractivity contribution in [2.45, 2.75) is 25.9 Å². The minimum Gasteiger partial charge on any atom is -0.496 e. The highest BCUT2D eigenvalue weighted by Crippen LogP contribution is 2.24. The Bertz CT molecular complexity index is 957. The summed E-state index contributed by atoms with van der Waals surface area (Å²) in [6, 6.07) is 23.1. The van der Waals surface area contributed by atoms with Gasteiger partial charge in [0.1, 0.15) is 5.75 Å². The molecule has 0 heterocycles. The zero-order valence-corrected chi connectivity index (χ0v) is 16.8. The standard InChI is InChI=1S/C24H27N3O2/c1-3-21(17-9-5-4-6-10-17)27-24(28)18-13-14-22(20(25)15-18)26-16-19-11-7-8-12-23(19)29-2/h4-15,21,26H,3,16,25H2,1-2H3,(H,27,28)/t21-/m1/s1. The Morgan fingerprint density at radius 2 is 1.76 bits per heavy atom. The van der Waals surface area contributed by atoms with E-state index in [4.69, 9.17) is 10.5 Å². The molecule has 0 fully saturated rings. The van der Waals surface area contributed by atoms with Crippen molar-refractivity contribution in [3.05, 3.63) is 89.5 Å². The van der Waals surface area contributed by atoms with Crippen LogP contribution in [0.1, 0.15) is 40.9 Å². The highest BCUT2D eigenvalue weighted by atomic mass is 16.5. The number of nitrogen functional groups attached to an aromatic ring is 1. The maximum atomic E-state index is 12.7. The van der Waals surface area contributed by atoms with Gasteiger partial charge in [0, 0.05) is 17.7 Å². The van der Waals surface area contributed by atoms with E-state index in [2.05, 4.69) is 17.6 Å². The monoisotopic (exact) mass is 389 g/mol. The fraction of sp³-hybridized carbons (Fsp3) is 0.208. The molecular weight excluding hydrogens is 362 g/mol. The number of hydrogen-bond donors (Lipinski definition) is 3. The maximum absolute atomic E-state index is 12.7. The lowest BCUT2D eigenvalue weighted by Crippen LogP contribution is -2.28. The molecule has 0 aliphatic rings. The van der Waals surface area contributed by atoms with Gasteiger partial charge in [-0.2, -0.15) is 0 Å². The maximum Gasteiger partial charge on any atom is 0.251 e. The van der Waals surface area contributed by atoms with Gasteiger partial charge in [-0.25, -0.2) is 0 Å². The minimum atomic E-state index is -0.135. The molecule has 5 heteroatoms. The smallest absolute Gasteiger partial charge is 0.251 e. The van der Waals surface area contributed by atoms with Crippen molar-refractivity contribution < 1.29 is 9.53 Å². The number of anilines is 2. The summed E-state index contributed by atoms with van der Waals surface area (Å²) in [7, 11) is 1.65. The highest BCUT2D eigenvalue weighted by molar-refractivity contribution is 5.96. The van der Waals surface area contributed by atoms with Crippen molar-refractivity contribution in [3.8, 4) is 5.75 Å². The minimum absolute atomic E-state index is 0.0340. The molecule has 0 aromatic heterocycles. The molecule has 0 saturated carbocycles. The fourth-order valence-electron chi connectivity index (χ4n) is 3.25. The van der Waals surface area contributed by atoms with Crippen molar-refractivity contribution in [2.75, 3.05) is 18.2 Å². The van der Waals surface area contributed by atoms with Crippen LogP contribution in [0.5, 0.6) is 5.75 Å². The Balaban J connectivity index is 1.67. The molecule has 0 radical (unpaired) electrons. The van der Waals surface area contributed by atoms with Crippen LogP contribution in [0, 0.1) is 0 Å². The van der Waals surface area contributed by atoms with Gasteiger partial charge in [0.25, 0.3) is 5.91 Å². The first-order valence-electron chi connectivity index (χ1n) is 9.73. The second-order valence-corrected chi connectivity index (χ2v) is 6.81. The molecule has 0 bridgehead atoms. The number of hydrogen-bond acceptors (Lipinski definition) is 4. The Morgan fingerprint density at radius 3 is 2.45 bits per heavy atom. The van der Waals surface area contributed by atoms with Crippen LogP contribution in [-0.4, -0.2) is 13.0 Å². The number of carbonyl (C=O) groups is 1. The third kappa shape index (κ3) is 5.08. The molecule has 1 atom stereocenters. The number of carbonyl (C=O) groups excluding carboxylic acids is 1. The van der Waals surface area contributed by atoms with Crippen molar-refractivity contribution >= 4 is 17.3 Å². The summed E-state index contributed by atoms with van der Waals surface area (Å²) in [5, 5.41) is 6.40. The second-order valence-electron chi connectivity index (χ2n) is 6.81. The van der Waals surface area contributed by atoms with Crippen LogP contribution in [0.25, 0.3) is 0 Å². The Hall–Kier alpha value is -3.47. The zero-order chi connectivity index (χ0) is 20.6.